The van der Waals surface area contributed by atoms with Crippen LogP contribution in [-0.2, 0) is 0 Å². The Hall–Kier alpha value is -1.84. The molecule has 1 aliphatic rings. The zero-order valence-corrected chi connectivity index (χ0v) is 10.4. The average molecular weight is 242 g/mol. The number of rotatable bonds is 2. The quantitative estimate of drug-likeness (QED) is 0.850. The molecule has 1 aliphatic carbocycles. The Kier molecular flexibility index (Phi) is 3.00. The largest absolute Gasteiger partial charge is 0.382 e. The number of nitrogen functional groups attached to an aromatic ring is 1. The Balaban J connectivity index is 2.01. The third-order valence-corrected chi connectivity index (χ3v) is 3.79. The Morgan fingerprint density at radius 3 is 2.78 bits per heavy atom. The zero-order chi connectivity index (χ0) is 12.4. The first kappa shape index (κ1) is 11.3. The van der Waals surface area contributed by atoms with E-state index >= 15 is 0 Å². The van der Waals surface area contributed by atoms with Gasteiger partial charge < -0.3 is 5.73 Å². The first-order valence-electron chi connectivity index (χ1n) is 6.60. The molecule has 2 aromatic rings. The van der Waals surface area contributed by atoms with Gasteiger partial charge >= 0.3 is 0 Å². The van der Waals surface area contributed by atoms with E-state index in [1.807, 2.05) is 18.3 Å². The van der Waals surface area contributed by atoms with Crippen molar-refractivity contribution in [2.24, 2.45) is 0 Å². The van der Waals surface area contributed by atoms with Gasteiger partial charge in [-0.2, -0.15) is 5.10 Å². The molecule has 18 heavy (non-hydrogen) atoms. The highest BCUT2D eigenvalue weighted by atomic mass is 15.2. The highest BCUT2D eigenvalue weighted by molar-refractivity contribution is 5.76. The van der Waals surface area contributed by atoms with Crippen LogP contribution in [0.15, 0.2) is 24.5 Å². The molecule has 0 bridgehead atoms. The van der Waals surface area contributed by atoms with Crippen LogP contribution in [0.2, 0.25) is 0 Å². The summed E-state index contributed by atoms with van der Waals surface area (Å²) >= 11 is 0. The lowest BCUT2D eigenvalue weighted by Gasteiger charge is -2.21. The van der Waals surface area contributed by atoms with E-state index in [0.717, 1.165) is 11.1 Å². The molecule has 0 aliphatic heterocycles. The van der Waals surface area contributed by atoms with E-state index in [2.05, 4.69) is 15.2 Å². The number of nitrogens with one attached hydrogen (secondary N) is 1. The van der Waals surface area contributed by atoms with E-state index in [4.69, 9.17) is 5.73 Å². The summed E-state index contributed by atoms with van der Waals surface area (Å²) in [6, 6.07) is 3.98. The molecule has 0 amide bonds. The van der Waals surface area contributed by atoms with Gasteiger partial charge in [0.05, 0.1) is 0 Å². The molecule has 2 aromatic heterocycles. The Morgan fingerprint density at radius 2 is 2.06 bits per heavy atom. The summed E-state index contributed by atoms with van der Waals surface area (Å²) in [5.41, 5.74) is 9.32. The second-order valence-electron chi connectivity index (χ2n) is 4.97. The summed E-state index contributed by atoms with van der Waals surface area (Å²) in [5.74, 6) is 1.15. The lowest BCUT2D eigenvalue weighted by atomic mass is 9.84. The topological polar surface area (TPSA) is 67.6 Å². The number of hydrogen-bond acceptors (Lipinski definition) is 3. The molecule has 3 rings (SSSR count). The Labute approximate surface area is 107 Å². The highest BCUT2D eigenvalue weighted by Crippen LogP contribution is 2.38. The molecule has 0 atom stereocenters. The lowest BCUT2D eigenvalue weighted by molar-refractivity contribution is 0.437. The molecule has 3 N–H and O–H groups in total. The van der Waals surface area contributed by atoms with E-state index in [0.29, 0.717) is 11.7 Å². The molecule has 4 heteroatoms. The summed E-state index contributed by atoms with van der Waals surface area (Å²) in [5, 5.41) is 7.33. The van der Waals surface area contributed by atoms with Gasteiger partial charge in [-0.1, -0.05) is 25.3 Å². The van der Waals surface area contributed by atoms with Gasteiger partial charge in [0.1, 0.15) is 0 Å². The molecular formula is C14H18N4. The van der Waals surface area contributed by atoms with Gasteiger partial charge in [-0.05, 0) is 18.9 Å². The summed E-state index contributed by atoms with van der Waals surface area (Å²) in [4.78, 5) is 4.17. The second-order valence-corrected chi connectivity index (χ2v) is 4.97. The van der Waals surface area contributed by atoms with Crippen LogP contribution in [0.1, 0.15) is 43.7 Å². The van der Waals surface area contributed by atoms with Crippen molar-refractivity contribution in [3.8, 4) is 11.1 Å². The molecule has 0 radical (unpaired) electrons. The number of nitrogens with two attached hydrogens (primary N) is 1. The van der Waals surface area contributed by atoms with Gasteiger partial charge in [0, 0.05) is 35.1 Å². The number of pyridine rings is 1. The van der Waals surface area contributed by atoms with Crippen molar-refractivity contribution in [2.75, 3.05) is 5.73 Å². The molecule has 2 heterocycles. The van der Waals surface area contributed by atoms with Crippen molar-refractivity contribution >= 4 is 5.82 Å². The van der Waals surface area contributed by atoms with E-state index in [1.54, 1.807) is 6.20 Å². The number of aromatic nitrogens is 3. The number of nitrogens with zero attached hydrogens (tertiary/aromatic N) is 2. The molecule has 0 aromatic carbocycles. The molecule has 1 fully saturated rings. The normalized spacial score (nSPS) is 16.9. The fourth-order valence-electron chi connectivity index (χ4n) is 2.87. The molecule has 1 saturated carbocycles. The first-order chi connectivity index (χ1) is 8.86. The van der Waals surface area contributed by atoms with Crippen LogP contribution in [0.3, 0.4) is 0 Å². The minimum absolute atomic E-state index is 0.568. The third kappa shape index (κ3) is 1.98. The predicted molar refractivity (Wildman–Crippen MR) is 72.1 cm³/mol. The number of anilines is 1. The van der Waals surface area contributed by atoms with Gasteiger partial charge in [-0.25, -0.2) is 0 Å². The SMILES string of the molecule is Nc1n[nH]c(C2CCCCC2)c1-c1cccnc1. The lowest BCUT2D eigenvalue weighted by Crippen LogP contribution is -2.06. The van der Waals surface area contributed by atoms with E-state index in [-0.39, 0.29) is 0 Å². The van der Waals surface area contributed by atoms with Crippen molar-refractivity contribution in [3.05, 3.63) is 30.2 Å². The van der Waals surface area contributed by atoms with Gasteiger partial charge in [0.2, 0.25) is 0 Å². The van der Waals surface area contributed by atoms with Crippen LogP contribution in [0, 0.1) is 0 Å². The van der Waals surface area contributed by atoms with Crippen LogP contribution < -0.4 is 5.73 Å². The molecular weight excluding hydrogens is 224 g/mol. The fraction of sp³-hybridized carbons (Fsp3) is 0.429. The third-order valence-electron chi connectivity index (χ3n) is 3.79. The summed E-state index contributed by atoms with van der Waals surface area (Å²) in [6.07, 6.45) is 10.0. The van der Waals surface area contributed by atoms with Crippen molar-refractivity contribution in [1.82, 2.24) is 15.2 Å². The average Bonchev–Trinajstić information content (AvgIpc) is 2.83. The minimum Gasteiger partial charge on any atom is -0.382 e. The molecule has 0 unspecified atom stereocenters. The zero-order valence-electron chi connectivity index (χ0n) is 10.4. The summed E-state index contributed by atoms with van der Waals surface area (Å²) < 4.78 is 0. The van der Waals surface area contributed by atoms with Crippen LogP contribution in [0.25, 0.3) is 11.1 Å². The van der Waals surface area contributed by atoms with Crippen LogP contribution in [0.4, 0.5) is 5.82 Å². The number of aromatic amines is 1. The van der Waals surface area contributed by atoms with Crippen molar-refractivity contribution in [1.29, 1.82) is 0 Å². The van der Waals surface area contributed by atoms with Crippen LogP contribution >= 0.6 is 0 Å². The smallest absolute Gasteiger partial charge is 0.153 e. The van der Waals surface area contributed by atoms with E-state index < -0.39 is 0 Å². The number of H-pyrrole nitrogens is 1. The van der Waals surface area contributed by atoms with Gasteiger partial charge in [-0.3, -0.25) is 10.1 Å². The van der Waals surface area contributed by atoms with E-state index in [9.17, 15) is 0 Å². The Bertz CT molecular complexity index is 512. The minimum atomic E-state index is 0.568. The maximum absolute atomic E-state index is 6.01. The molecule has 4 nitrogen and oxygen atoms in total. The molecule has 0 saturated heterocycles. The Morgan fingerprint density at radius 1 is 1.22 bits per heavy atom. The van der Waals surface area contributed by atoms with Crippen molar-refractivity contribution in [3.63, 3.8) is 0 Å². The van der Waals surface area contributed by atoms with Gasteiger partial charge in [0.15, 0.2) is 5.82 Å². The maximum Gasteiger partial charge on any atom is 0.153 e. The van der Waals surface area contributed by atoms with Crippen molar-refractivity contribution < 1.29 is 0 Å². The van der Waals surface area contributed by atoms with E-state index in [1.165, 1.54) is 37.8 Å². The monoisotopic (exact) mass is 242 g/mol. The second kappa shape index (κ2) is 4.80. The summed E-state index contributed by atoms with van der Waals surface area (Å²) in [7, 11) is 0. The van der Waals surface area contributed by atoms with Crippen LogP contribution in [-0.4, -0.2) is 15.2 Å². The number of hydrogen-bond donors (Lipinski definition) is 2. The highest BCUT2D eigenvalue weighted by Gasteiger charge is 2.23. The first-order valence-corrected chi connectivity index (χ1v) is 6.60. The maximum atomic E-state index is 6.01. The standard InChI is InChI=1S/C14H18N4/c15-14-12(11-7-4-8-16-9-11)13(17-18-14)10-5-2-1-3-6-10/h4,7-10H,1-3,5-6H2,(H3,15,17,18). The van der Waals surface area contributed by atoms with Crippen LogP contribution in [0.5, 0.6) is 0 Å². The fourth-order valence-corrected chi connectivity index (χ4v) is 2.87. The predicted octanol–water partition coefficient (Wildman–Crippen LogP) is 3.10. The van der Waals surface area contributed by atoms with Gasteiger partial charge in [-0.15, -0.1) is 0 Å². The molecule has 94 valence electrons. The van der Waals surface area contributed by atoms with Gasteiger partial charge in [0.25, 0.3) is 0 Å². The molecule has 0 spiro atoms. The van der Waals surface area contributed by atoms with Crippen molar-refractivity contribution in [2.45, 2.75) is 38.0 Å². The summed E-state index contributed by atoms with van der Waals surface area (Å²) in [6.45, 7) is 0.